The molecule has 0 saturated carbocycles. The Balaban J connectivity index is 1.43. The average Bonchev–Trinajstić information content (AvgIpc) is 3.28. The Labute approximate surface area is 213 Å². The van der Waals surface area contributed by atoms with Crippen LogP contribution in [0.5, 0.6) is 0 Å². The summed E-state index contributed by atoms with van der Waals surface area (Å²) in [5.74, 6) is -0.579. The molecule has 0 radical (unpaired) electrons. The molecule has 0 unspecified atom stereocenters. The summed E-state index contributed by atoms with van der Waals surface area (Å²) >= 11 is 6.16. The molecule has 5 nitrogen and oxygen atoms in total. The molecule has 2 aliphatic rings. The first-order chi connectivity index (χ1) is 17.4. The molecule has 3 heterocycles. The number of aromatic nitrogens is 1. The second-order valence-corrected chi connectivity index (χ2v) is 10.2. The van der Waals surface area contributed by atoms with Crippen LogP contribution >= 0.6 is 11.6 Å². The number of piperazine rings is 1. The molecule has 7 heteroatoms. The van der Waals surface area contributed by atoms with Crippen LogP contribution in [0.4, 0.5) is 4.39 Å². The van der Waals surface area contributed by atoms with Crippen molar-refractivity contribution >= 4 is 34.3 Å². The van der Waals surface area contributed by atoms with E-state index >= 15 is 0 Å². The predicted octanol–water partition coefficient (Wildman–Crippen LogP) is 5.23. The Morgan fingerprint density at radius 2 is 1.75 bits per heavy atom. The lowest BCUT2D eigenvalue weighted by Gasteiger charge is -2.51. The topological polar surface area (TPSA) is 56.4 Å². The highest BCUT2D eigenvalue weighted by Crippen LogP contribution is 2.48. The molecule has 1 saturated heterocycles. The average molecular weight is 502 g/mol. The molecule has 182 valence electrons. The third kappa shape index (κ3) is 3.51. The number of nitrogens with zero attached hydrogens (tertiary/aromatic N) is 2. The maximum Gasteiger partial charge on any atom is 0.254 e. The third-order valence-electron chi connectivity index (χ3n) is 7.67. The van der Waals surface area contributed by atoms with Gasteiger partial charge in [0.1, 0.15) is 5.82 Å². The molecular formula is C29H25ClFN3O2. The fraction of sp³-hybridized carbons (Fsp3) is 0.241. The Bertz CT molecular complexity index is 1480. The van der Waals surface area contributed by atoms with Crippen molar-refractivity contribution in [2.24, 2.45) is 0 Å². The van der Waals surface area contributed by atoms with E-state index in [1.807, 2.05) is 49.4 Å². The number of para-hydroxylation sites is 1. The van der Waals surface area contributed by atoms with Crippen molar-refractivity contribution in [3.05, 3.63) is 106 Å². The van der Waals surface area contributed by atoms with Gasteiger partial charge in [-0.05, 0) is 60.4 Å². The second kappa shape index (κ2) is 8.49. The molecule has 1 fully saturated rings. The van der Waals surface area contributed by atoms with Crippen molar-refractivity contribution in [1.82, 2.24) is 14.8 Å². The SMILES string of the molecule is C[C@]12C(=O)N(CCc3ccc(F)cc3)CC(=O)N1C[C@H](c1ccc(Cl)cc1)c1c2[nH]c2ccccc12. The van der Waals surface area contributed by atoms with E-state index in [-0.39, 0.29) is 30.1 Å². The predicted molar refractivity (Wildman–Crippen MR) is 137 cm³/mol. The third-order valence-corrected chi connectivity index (χ3v) is 7.93. The minimum atomic E-state index is -1.14. The summed E-state index contributed by atoms with van der Waals surface area (Å²) in [6, 6.07) is 22.0. The van der Waals surface area contributed by atoms with Crippen LogP contribution in [0.25, 0.3) is 10.9 Å². The van der Waals surface area contributed by atoms with Crippen LogP contribution in [0.15, 0.2) is 72.8 Å². The Hall–Kier alpha value is -3.64. The number of rotatable bonds is 4. The molecule has 4 aromatic rings. The lowest BCUT2D eigenvalue weighted by Crippen LogP contribution is -2.67. The van der Waals surface area contributed by atoms with Crippen LogP contribution in [0.1, 0.15) is 35.2 Å². The summed E-state index contributed by atoms with van der Waals surface area (Å²) < 4.78 is 13.3. The van der Waals surface area contributed by atoms with Crippen molar-refractivity contribution in [2.75, 3.05) is 19.6 Å². The number of halogens is 2. The summed E-state index contributed by atoms with van der Waals surface area (Å²) in [6.45, 7) is 2.67. The molecule has 3 aromatic carbocycles. The maximum absolute atomic E-state index is 14.1. The summed E-state index contributed by atoms with van der Waals surface area (Å²) in [6.07, 6.45) is 0.544. The highest BCUT2D eigenvalue weighted by atomic mass is 35.5. The minimum absolute atomic E-state index is 0.0263. The summed E-state index contributed by atoms with van der Waals surface area (Å²) in [5.41, 5.74) is 3.57. The second-order valence-electron chi connectivity index (χ2n) is 9.74. The van der Waals surface area contributed by atoms with Gasteiger partial charge in [0.05, 0.1) is 12.2 Å². The minimum Gasteiger partial charge on any atom is -0.356 e. The number of H-pyrrole nitrogens is 1. The number of hydrogen-bond donors (Lipinski definition) is 1. The number of carbonyl (C=O) groups excluding carboxylic acids is 2. The van der Waals surface area contributed by atoms with Crippen LogP contribution in [0, 0.1) is 5.82 Å². The lowest BCUT2D eigenvalue weighted by atomic mass is 9.76. The Morgan fingerprint density at radius 3 is 2.50 bits per heavy atom. The van der Waals surface area contributed by atoms with Crippen LogP contribution in [0.2, 0.25) is 5.02 Å². The molecule has 0 spiro atoms. The number of amides is 2. The van der Waals surface area contributed by atoms with Gasteiger partial charge in [-0.2, -0.15) is 0 Å². The molecule has 0 bridgehead atoms. The first-order valence-corrected chi connectivity index (χ1v) is 12.4. The van der Waals surface area contributed by atoms with E-state index in [4.69, 9.17) is 11.6 Å². The normalized spacial score (nSPS) is 21.6. The van der Waals surface area contributed by atoms with E-state index < -0.39 is 5.54 Å². The molecule has 6 rings (SSSR count). The van der Waals surface area contributed by atoms with Gasteiger partial charge in [0, 0.05) is 34.9 Å². The van der Waals surface area contributed by atoms with Crippen LogP contribution in [-0.4, -0.2) is 46.2 Å². The van der Waals surface area contributed by atoms with Crippen molar-refractivity contribution in [3.63, 3.8) is 0 Å². The standard InChI is InChI=1S/C29H25ClFN3O2/c1-29-27-26(22-4-2-3-5-24(22)32-27)23(19-8-10-20(30)11-9-19)16-34(29)25(35)17-33(28(29)36)15-14-18-6-12-21(31)13-7-18/h2-13,23,32H,14-17H2,1H3/t23-,29+/m1/s1. The van der Waals surface area contributed by atoms with Gasteiger partial charge >= 0.3 is 0 Å². The number of aromatic amines is 1. The Morgan fingerprint density at radius 1 is 1.03 bits per heavy atom. The summed E-state index contributed by atoms with van der Waals surface area (Å²) in [7, 11) is 0. The zero-order valence-electron chi connectivity index (χ0n) is 19.8. The van der Waals surface area contributed by atoms with Crippen molar-refractivity contribution in [3.8, 4) is 0 Å². The van der Waals surface area contributed by atoms with Gasteiger partial charge in [-0.1, -0.05) is 54.1 Å². The van der Waals surface area contributed by atoms with E-state index in [2.05, 4.69) is 11.1 Å². The quantitative estimate of drug-likeness (QED) is 0.416. The van der Waals surface area contributed by atoms with E-state index in [9.17, 15) is 14.0 Å². The fourth-order valence-electron chi connectivity index (χ4n) is 5.77. The van der Waals surface area contributed by atoms with E-state index in [0.29, 0.717) is 24.5 Å². The molecule has 2 amide bonds. The van der Waals surface area contributed by atoms with Crippen molar-refractivity contribution < 1.29 is 14.0 Å². The monoisotopic (exact) mass is 501 g/mol. The number of fused-ring (bicyclic) bond motifs is 5. The smallest absolute Gasteiger partial charge is 0.254 e. The molecule has 2 atom stereocenters. The maximum atomic E-state index is 14.1. The summed E-state index contributed by atoms with van der Waals surface area (Å²) in [4.78, 5) is 34.5. The van der Waals surface area contributed by atoms with E-state index in [0.717, 1.165) is 33.3 Å². The van der Waals surface area contributed by atoms with Gasteiger partial charge in [-0.15, -0.1) is 0 Å². The zero-order chi connectivity index (χ0) is 25.0. The number of hydrogen-bond acceptors (Lipinski definition) is 2. The van der Waals surface area contributed by atoms with Gasteiger partial charge in [0.15, 0.2) is 5.54 Å². The molecule has 1 aromatic heterocycles. The van der Waals surface area contributed by atoms with Gasteiger partial charge in [0.2, 0.25) is 5.91 Å². The first kappa shape index (κ1) is 22.8. The van der Waals surface area contributed by atoms with E-state index in [1.54, 1.807) is 21.9 Å². The van der Waals surface area contributed by atoms with Crippen LogP contribution in [0.3, 0.4) is 0 Å². The number of nitrogens with one attached hydrogen (secondary N) is 1. The van der Waals surface area contributed by atoms with Gasteiger partial charge < -0.3 is 14.8 Å². The van der Waals surface area contributed by atoms with E-state index in [1.165, 1.54) is 12.1 Å². The molecular weight excluding hydrogens is 477 g/mol. The van der Waals surface area contributed by atoms with Crippen molar-refractivity contribution in [1.29, 1.82) is 0 Å². The Kier molecular flexibility index (Phi) is 5.38. The molecule has 2 aliphatic heterocycles. The van der Waals surface area contributed by atoms with Gasteiger partial charge in [-0.3, -0.25) is 9.59 Å². The van der Waals surface area contributed by atoms with Gasteiger partial charge in [0.25, 0.3) is 5.91 Å². The summed E-state index contributed by atoms with van der Waals surface area (Å²) in [5, 5.41) is 1.71. The molecule has 0 aliphatic carbocycles. The highest BCUT2D eigenvalue weighted by Gasteiger charge is 2.56. The van der Waals surface area contributed by atoms with Gasteiger partial charge in [-0.25, -0.2) is 4.39 Å². The fourth-order valence-corrected chi connectivity index (χ4v) is 5.89. The zero-order valence-corrected chi connectivity index (χ0v) is 20.6. The largest absolute Gasteiger partial charge is 0.356 e. The molecule has 36 heavy (non-hydrogen) atoms. The molecule has 1 N–H and O–H groups in total. The van der Waals surface area contributed by atoms with Crippen LogP contribution < -0.4 is 0 Å². The highest BCUT2D eigenvalue weighted by molar-refractivity contribution is 6.30. The lowest BCUT2D eigenvalue weighted by molar-refractivity contribution is -0.166. The number of benzene rings is 3. The number of carbonyl (C=O) groups is 2. The van der Waals surface area contributed by atoms with Crippen molar-refractivity contribution in [2.45, 2.75) is 24.8 Å². The van der Waals surface area contributed by atoms with Crippen LogP contribution in [-0.2, 0) is 21.5 Å². The first-order valence-electron chi connectivity index (χ1n) is 12.1.